The van der Waals surface area contributed by atoms with Crippen molar-refractivity contribution in [3.63, 3.8) is 0 Å². The van der Waals surface area contributed by atoms with Crippen LogP contribution in [0.2, 0.25) is 0 Å². The van der Waals surface area contributed by atoms with Crippen LogP contribution in [0.1, 0.15) is 28.7 Å². The van der Waals surface area contributed by atoms with Crippen LogP contribution >= 0.6 is 0 Å². The van der Waals surface area contributed by atoms with Gasteiger partial charge in [0.1, 0.15) is 29.0 Å². The monoisotopic (exact) mass is 551 g/mol. The first-order valence-corrected chi connectivity index (χ1v) is 12.9. The van der Waals surface area contributed by atoms with Gasteiger partial charge >= 0.3 is 5.97 Å². The van der Waals surface area contributed by atoms with Gasteiger partial charge in [-0.2, -0.15) is 0 Å². The van der Waals surface area contributed by atoms with Gasteiger partial charge in [-0.05, 0) is 72.2 Å². The zero-order valence-electron chi connectivity index (χ0n) is 22.5. The molecule has 5 rings (SSSR count). The molecule has 0 saturated heterocycles. The number of imidazole rings is 1. The Bertz CT molecular complexity index is 1730. The Morgan fingerprint density at radius 1 is 0.902 bits per heavy atom. The van der Waals surface area contributed by atoms with Crippen LogP contribution < -0.4 is 10.5 Å². The third-order valence-corrected chi connectivity index (χ3v) is 6.54. The van der Waals surface area contributed by atoms with E-state index in [0.717, 1.165) is 22.8 Å². The molecular formula is C33H27F2N3O3. The molecule has 0 bridgehead atoms. The fraction of sp³-hybridized carbons (Fsp3) is 0.0909. The molecule has 0 fully saturated rings. The van der Waals surface area contributed by atoms with Gasteiger partial charge in [0.05, 0.1) is 18.4 Å². The molecule has 41 heavy (non-hydrogen) atoms. The largest absolute Gasteiger partial charge is 0.465 e. The number of nitrogens with zero attached hydrogens (tertiary/aromatic N) is 2. The second kappa shape index (κ2) is 11.9. The highest BCUT2D eigenvalue weighted by molar-refractivity contribution is 5.95. The number of hydrogen-bond acceptors (Lipinski definition) is 5. The summed E-state index contributed by atoms with van der Waals surface area (Å²) < 4.78 is 40.1. The van der Waals surface area contributed by atoms with Crippen molar-refractivity contribution < 1.29 is 23.0 Å². The number of nitrogen functional groups attached to an aromatic ring is 1. The summed E-state index contributed by atoms with van der Waals surface area (Å²) in [5.74, 6) is -0.0347. The normalized spacial score (nSPS) is 11.1. The van der Waals surface area contributed by atoms with Crippen molar-refractivity contribution in [3.8, 4) is 33.9 Å². The van der Waals surface area contributed by atoms with Crippen LogP contribution in [0, 0.1) is 11.6 Å². The summed E-state index contributed by atoms with van der Waals surface area (Å²) in [6, 6.07) is 24.0. The Morgan fingerprint density at radius 3 is 2.24 bits per heavy atom. The van der Waals surface area contributed by atoms with Crippen LogP contribution in [0.3, 0.4) is 0 Å². The number of ether oxygens (including phenoxy) is 2. The van der Waals surface area contributed by atoms with Crippen molar-refractivity contribution in [1.29, 1.82) is 0 Å². The Morgan fingerprint density at radius 2 is 1.59 bits per heavy atom. The number of carbonyl (C=O) groups is 1. The fourth-order valence-electron chi connectivity index (χ4n) is 4.34. The van der Waals surface area contributed by atoms with Crippen molar-refractivity contribution in [2.45, 2.75) is 13.5 Å². The lowest BCUT2D eigenvalue weighted by atomic mass is 10.0. The number of aryl methyl sites for hydroxylation is 1. The smallest absolute Gasteiger partial charge is 0.340 e. The van der Waals surface area contributed by atoms with E-state index in [2.05, 4.69) is 4.98 Å². The van der Waals surface area contributed by atoms with E-state index in [1.54, 1.807) is 24.4 Å². The van der Waals surface area contributed by atoms with Gasteiger partial charge in [-0.25, -0.2) is 18.6 Å². The zero-order valence-corrected chi connectivity index (χ0v) is 22.5. The summed E-state index contributed by atoms with van der Waals surface area (Å²) >= 11 is 0. The second-order valence-electron chi connectivity index (χ2n) is 9.22. The third-order valence-electron chi connectivity index (χ3n) is 6.54. The number of halogens is 2. The minimum Gasteiger partial charge on any atom is -0.465 e. The van der Waals surface area contributed by atoms with E-state index in [-0.39, 0.29) is 11.1 Å². The number of anilines is 1. The van der Waals surface area contributed by atoms with Gasteiger partial charge < -0.3 is 19.8 Å². The van der Waals surface area contributed by atoms with Gasteiger partial charge in [-0.1, -0.05) is 42.5 Å². The lowest BCUT2D eigenvalue weighted by molar-refractivity contribution is 0.0601. The third kappa shape index (κ3) is 6.17. The van der Waals surface area contributed by atoms with Gasteiger partial charge in [-0.15, -0.1) is 0 Å². The second-order valence-corrected chi connectivity index (χ2v) is 9.22. The number of carbonyl (C=O) groups excluding carboxylic acids is 1. The van der Waals surface area contributed by atoms with E-state index in [0.29, 0.717) is 35.2 Å². The summed E-state index contributed by atoms with van der Waals surface area (Å²) in [7, 11) is 1.30. The highest BCUT2D eigenvalue weighted by atomic mass is 19.1. The molecule has 1 heterocycles. The highest BCUT2D eigenvalue weighted by Gasteiger charge is 2.13. The van der Waals surface area contributed by atoms with Crippen LogP contribution in [0.15, 0.2) is 91.1 Å². The van der Waals surface area contributed by atoms with E-state index in [4.69, 9.17) is 15.2 Å². The van der Waals surface area contributed by atoms with Gasteiger partial charge in [0.2, 0.25) is 0 Å². The highest BCUT2D eigenvalue weighted by Crippen LogP contribution is 2.29. The Balaban J connectivity index is 1.28. The molecule has 2 N–H and O–H groups in total. The number of esters is 1. The molecule has 5 aromatic rings. The first-order valence-electron chi connectivity index (χ1n) is 12.9. The molecule has 0 atom stereocenters. The van der Waals surface area contributed by atoms with Crippen LogP contribution in [-0.2, 0) is 11.3 Å². The molecule has 0 spiro atoms. The summed E-state index contributed by atoms with van der Waals surface area (Å²) in [5.41, 5.74) is 10.1. The van der Waals surface area contributed by atoms with Gasteiger partial charge in [0, 0.05) is 30.1 Å². The maximum Gasteiger partial charge on any atom is 0.340 e. The maximum atomic E-state index is 14.3. The molecule has 0 aliphatic rings. The summed E-state index contributed by atoms with van der Waals surface area (Å²) in [4.78, 5) is 16.4. The van der Waals surface area contributed by atoms with Crippen molar-refractivity contribution in [1.82, 2.24) is 9.55 Å². The molecule has 8 heteroatoms. The van der Waals surface area contributed by atoms with Crippen molar-refractivity contribution in [3.05, 3.63) is 120 Å². The van der Waals surface area contributed by atoms with E-state index < -0.39 is 17.6 Å². The first kappa shape index (κ1) is 27.3. The summed E-state index contributed by atoms with van der Waals surface area (Å²) in [6.45, 7) is 2.63. The fourth-order valence-corrected chi connectivity index (χ4v) is 4.34. The topological polar surface area (TPSA) is 79.4 Å². The minimum atomic E-state index is -0.644. The molecule has 6 nitrogen and oxygen atoms in total. The van der Waals surface area contributed by atoms with Gasteiger partial charge in [0.25, 0.3) is 0 Å². The SMILES string of the molecule is CCn1cc(-c2ccc(F)cc2F)nc1/C=C/c1ccc(-c2ccc(Oc3ccc(N)c(C(=O)OC)c3)cc2)cc1. The Kier molecular flexibility index (Phi) is 7.92. The van der Waals surface area contributed by atoms with E-state index in [1.807, 2.05) is 72.2 Å². The molecule has 0 unspecified atom stereocenters. The molecule has 0 aliphatic heterocycles. The average molecular weight is 552 g/mol. The lowest BCUT2D eigenvalue weighted by Crippen LogP contribution is -2.05. The van der Waals surface area contributed by atoms with Crippen LogP contribution in [0.5, 0.6) is 11.5 Å². The summed E-state index contributed by atoms with van der Waals surface area (Å²) in [5, 5.41) is 0. The van der Waals surface area contributed by atoms with Crippen LogP contribution in [-0.4, -0.2) is 22.6 Å². The number of nitrogens with two attached hydrogens (primary N) is 1. The van der Waals surface area contributed by atoms with Crippen LogP contribution in [0.25, 0.3) is 34.5 Å². The predicted octanol–water partition coefficient (Wildman–Crippen LogP) is 7.85. The van der Waals surface area contributed by atoms with Crippen molar-refractivity contribution in [2.24, 2.45) is 0 Å². The average Bonchev–Trinajstić information content (AvgIpc) is 3.40. The molecule has 0 aliphatic carbocycles. The lowest BCUT2D eigenvalue weighted by Gasteiger charge is -2.10. The van der Waals surface area contributed by atoms with Crippen LogP contribution in [0.4, 0.5) is 14.5 Å². The molecular weight excluding hydrogens is 524 g/mol. The molecule has 0 amide bonds. The summed E-state index contributed by atoms with van der Waals surface area (Å²) in [6.07, 6.45) is 5.57. The molecule has 206 valence electrons. The van der Waals surface area contributed by atoms with Crippen molar-refractivity contribution >= 4 is 23.8 Å². The number of benzene rings is 4. The standard InChI is InChI=1S/C33H27F2N3O3/c1-3-38-20-31(27-15-11-24(34)18-29(27)35)37-32(38)17-6-21-4-7-22(8-5-21)23-9-12-25(13-10-23)41-26-14-16-30(36)28(19-26)33(39)40-2/h4-20H,3,36H2,1-2H3/b17-6+. The van der Waals surface area contributed by atoms with E-state index in [9.17, 15) is 13.6 Å². The zero-order chi connectivity index (χ0) is 28.9. The van der Waals surface area contributed by atoms with Gasteiger partial charge in [0.15, 0.2) is 0 Å². The Hall–Kier alpha value is -5.24. The van der Waals surface area contributed by atoms with Gasteiger partial charge in [-0.3, -0.25) is 0 Å². The molecule has 1 aromatic heterocycles. The molecule has 0 radical (unpaired) electrons. The molecule has 4 aromatic carbocycles. The quantitative estimate of drug-likeness (QED) is 0.157. The number of rotatable bonds is 8. The number of hydrogen-bond donors (Lipinski definition) is 1. The van der Waals surface area contributed by atoms with E-state index in [1.165, 1.54) is 19.2 Å². The Labute approximate surface area is 236 Å². The first-order chi connectivity index (χ1) is 19.8. The maximum absolute atomic E-state index is 14.3. The van der Waals surface area contributed by atoms with E-state index >= 15 is 0 Å². The predicted molar refractivity (Wildman–Crippen MR) is 156 cm³/mol. The number of methoxy groups -OCH3 is 1. The van der Waals surface area contributed by atoms with Crippen molar-refractivity contribution in [2.75, 3.05) is 12.8 Å². The molecule has 0 saturated carbocycles. The number of aromatic nitrogens is 2. The minimum absolute atomic E-state index is 0.247.